The van der Waals surface area contributed by atoms with Gasteiger partial charge in [-0.1, -0.05) is 63.0 Å². The molecule has 2 saturated carbocycles. The number of nitrogens with zero attached hydrogens (tertiary/aromatic N) is 1. The Morgan fingerprint density at radius 1 is 0.875 bits per heavy atom. The first-order chi connectivity index (χ1) is 15.3. The molecule has 188 valence electrons. The van der Waals surface area contributed by atoms with E-state index in [0.29, 0.717) is 6.61 Å². The molecule has 2 aliphatic rings. The van der Waals surface area contributed by atoms with Gasteiger partial charge in [0, 0.05) is 6.42 Å². The highest BCUT2D eigenvalue weighted by molar-refractivity contribution is 7.47. The van der Waals surface area contributed by atoms with Crippen LogP contribution in [-0.2, 0) is 13.6 Å². The topological polar surface area (TPSA) is 55.8 Å². The zero-order chi connectivity index (χ0) is 23.3. The minimum atomic E-state index is -3.97. The van der Waals surface area contributed by atoms with E-state index in [1.165, 1.54) is 77.0 Å². The van der Waals surface area contributed by atoms with Gasteiger partial charge in [-0.25, -0.2) is 4.57 Å². The maximum Gasteiger partial charge on any atom is 0.472 e. The number of rotatable bonds is 15. The van der Waals surface area contributed by atoms with Crippen molar-refractivity contribution >= 4 is 7.82 Å². The van der Waals surface area contributed by atoms with E-state index in [0.717, 1.165) is 43.0 Å². The molecule has 0 aliphatic heterocycles. The summed E-state index contributed by atoms with van der Waals surface area (Å²) in [4.78, 5) is 10.2. The molecule has 0 saturated heterocycles. The summed E-state index contributed by atoms with van der Waals surface area (Å²) >= 11 is 0. The van der Waals surface area contributed by atoms with Crippen LogP contribution in [0.2, 0.25) is 0 Å². The number of unbranched alkanes of at least 4 members (excludes halogenated alkanes) is 8. The van der Waals surface area contributed by atoms with Crippen LogP contribution >= 0.6 is 7.82 Å². The van der Waals surface area contributed by atoms with Gasteiger partial charge in [-0.05, 0) is 57.8 Å². The number of phosphoric ester groups is 1. The van der Waals surface area contributed by atoms with E-state index in [-0.39, 0.29) is 12.1 Å². The molecule has 3 atom stereocenters. The van der Waals surface area contributed by atoms with Gasteiger partial charge in [0.2, 0.25) is 0 Å². The van der Waals surface area contributed by atoms with Gasteiger partial charge in [0.25, 0.3) is 0 Å². The van der Waals surface area contributed by atoms with Crippen molar-refractivity contribution < 1.29 is 23.0 Å². The van der Waals surface area contributed by atoms with Crippen molar-refractivity contribution in [3.63, 3.8) is 0 Å². The molecule has 1 unspecified atom stereocenters. The lowest BCUT2D eigenvalue weighted by atomic mass is 9.91. The van der Waals surface area contributed by atoms with Crippen molar-refractivity contribution in [2.75, 3.05) is 27.7 Å². The number of phosphoric acid groups is 1. The molecule has 0 amide bonds. The third kappa shape index (κ3) is 11.8. The van der Waals surface area contributed by atoms with Gasteiger partial charge >= 0.3 is 7.82 Å². The summed E-state index contributed by atoms with van der Waals surface area (Å²) in [6.07, 6.45) is 24.2. The van der Waals surface area contributed by atoms with E-state index >= 15 is 0 Å². The average Bonchev–Trinajstić information content (AvgIpc) is 2.74. The second-order valence-corrected chi connectivity index (χ2v) is 12.4. The first-order valence-electron chi connectivity index (χ1n) is 13.4. The molecule has 2 aliphatic carbocycles. The van der Waals surface area contributed by atoms with Gasteiger partial charge in [-0.2, -0.15) is 0 Å². The summed E-state index contributed by atoms with van der Waals surface area (Å²) in [5.74, 6) is 0. The fraction of sp³-hybridized carbons (Fsp3) is 0.923. The Morgan fingerprint density at radius 2 is 1.47 bits per heavy atom. The predicted molar refractivity (Wildman–Crippen MR) is 134 cm³/mol. The van der Waals surface area contributed by atoms with Crippen LogP contribution in [0.15, 0.2) is 11.6 Å². The van der Waals surface area contributed by atoms with Crippen molar-refractivity contribution in [2.45, 2.75) is 128 Å². The average molecular weight is 473 g/mol. The Labute approximate surface area is 198 Å². The molecule has 2 fully saturated rings. The summed E-state index contributed by atoms with van der Waals surface area (Å²) in [6, 6.07) is 0.247. The highest BCUT2D eigenvalue weighted by atomic mass is 31.2. The van der Waals surface area contributed by atoms with Crippen LogP contribution in [0, 0.1) is 0 Å². The van der Waals surface area contributed by atoms with Gasteiger partial charge in [-0.3, -0.25) is 9.05 Å². The quantitative estimate of drug-likeness (QED) is 0.116. The van der Waals surface area contributed by atoms with Gasteiger partial charge in [0.15, 0.2) is 0 Å². The smallest absolute Gasteiger partial charge is 0.326 e. The SMILES string of the molecule is C[N+](C)(C)[C@@H]1CCCC[C@H]1OP(=O)(O)OCCCCCCCCCCC=C1CCCCC1. The van der Waals surface area contributed by atoms with Crippen molar-refractivity contribution in [2.24, 2.45) is 0 Å². The molecular formula is C26H51NO4P+. The van der Waals surface area contributed by atoms with Gasteiger partial charge < -0.3 is 9.38 Å². The lowest BCUT2D eigenvalue weighted by molar-refractivity contribution is -0.900. The summed E-state index contributed by atoms with van der Waals surface area (Å²) in [6.45, 7) is 0.310. The fourth-order valence-electron chi connectivity index (χ4n) is 5.29. The second kappa shape index (κ2) is 14.9. The lowest BCUT2D eigenvalue weighted by Gasteiger charge is -2.41. The molecule has 0 aromatic carbocycles. The van der Waals surface area contributed by atoms with Crippen LogP contribution in [0.3, 0.4) is 0 Å². The standard InChI is InChI=1S/C26H50NO4P/c1-27(2,3)25-21-15-16-22-26(25)31-32(28,29)30-23-17-10-8-6-4-5-7-9-12-18-24-19-13-11-14-20-24/h18,25-26H,4-17,19-23H2,1-3H3/p+1/t25-,26-/m1/s1. The van der Waals surface area contributed by atoms with Crippen LogP contribution in [0.25, 0.3) is 0 Å². The van der Waals surface area contributed by atoms with E-state index in [9.17, 15) is 9.46 Å². The number of quaternary nitrogens is 1. The Kier molecular flexibility index (Phi) is 13.1. The molecule has 0 aromatic heterocycles. The summed E-state index contributed by atoms with van der Waals surface area (Å²) in [5, 5.41) is 0. The van der Waals surface area contributed by atoms with Gasteiger partial charge in [0.05, 0.1) is 27.7 Å². The molecular weight excluding hydrogens is 421 g/mol. The van der Waals surface area contributed by atoms with Gasteiger partial charge in [-0.15, -0.1) is 0 Å². The number of allylic oxidation sites excluding steroid dienone is 2. The number of hydrogen-bond donors (Lipinski definition) is 1. The second-order valence-electron chi connectivity index (χ2n) is 11.0. The molecule has 32 heavy (non-hydrogen) atoms. The summed E-state index contributed by atoms with van der Waals surface area (Å²) < 4.78 is 24.1. The number of hydrogen-bond acceptors (Lipinski definition) is 3. The molecule has 6 heteroatoms. The highest BCUT2D eigenvalue weighted by Gasteiger charge is 2.40. The molecule has 5 nitrogen and oxygen atoms in total. The zero-order valence-electron chi connectivity index (χ0n) is 21.2. The molecule has 1 N–H and O–H groups in total. The third-order valence-corrected chi connectivity index (χ3v) is 8.26. The maximum absolute atomic E-state index is 12.4. The van der Waals surface area contributed by atoms with E-state index in [1.54, 1.807) is 5.57 Å². The summed E-state index contributed by atoms with van der Waals surface area (Å²) in [5.41, 5.74) is 1.71. The predicted octanol–water partition coefficient (Wildman–Crippen LogP) is 7.54. The Balaban J connectivity index is 1.45. The number of likely N-dealkylation sites (N-methyl/N-ethyl adjacent to an activating group) is 1. The molecule has 0 aromatic rings. The molecule has 0 heterocycles. The van der Waals surface area contributed by atoms with Gasteiger partial charge in [0.1, 0.15) is 12.1 Å². The molecule has 0 radical (unpaired) electrons. The Morgan fingerprint density at radius 3 is 2.12 bits per heavy atom. The largest absolute Gasteiger partial charge is 0.472 e. The normalized spacial score (nSPS) is 24.3. The monoisotopic (exact) mass is 472 g/mol. The first-order valence-corrected chi connectivity index (χ1v) is 14.9. The first kappa shape index (κ1) is 28.1. The third-order valence-electron chi connectivity index (χ3n) is 7.21. The lowest BCUT2D eigenvalue weighted by Crippen LogP contribution is -2.53. The van der Waals surface area contributed by atoms with Crippen molar-refractivity contribution in [3.8, 4) is 0 Å². The van der Waals surface area contributed by atoms with Crippen LogP contribution in [0.4, 0.5) is 0 Å². The van der Waals surface area contributed by atoms with E-state index < -0.39 is 7.82 Å². The minimum Gasteiger partial charge on any atom is -0.326 e. The molecule has 0 spiro atoms. The molecule has 2 rings (SSSR count). The van der Waals surface area contributed by atoms with Crippen LogP contribution in [0.5, 0.6) is 0 Å². The fourth-order valence-corrected chi connectivity index (χ4v) is 6.30. The van der Waals surface area contributed by atoms with E-state index in [2.05, 4.69) is 27.2 Å². The maximum atomic E-state index is 12.4. The van der Waals surface area contributed by atoms with Crippen LogP contribution < -0.4 is 0 Å². The van der Waals surface area contributed by atoms with Crippen molar-refractivity contribution in [1.29, 1.82) is 0 Å². The van der Waals surface area contributed by atoms with Crippen LogP contribution in [-0.4, -0.2) is 49.3 Å². The van der Waals surface area contributed by atoms with E-state index in [1.807, 2.05) is 0 Å². The van der Waals surface area contributed by atoms with E-state index in [4.69, 9.17) is 9.05 Å². The Hall–Kier alpha value is -0.190. The van der Waals surface area contributed by atoms with Crippen molar-refractivity contribution in [3.05, 3.63) is 11.6 Å². The highest BCUT2D eigenvalue weighted by Crippen LogP contribution is 2.47. The Bertz CT molecular complexity index is 579. The summed E-state index contributed by atoms with van der Waals surface area (Å²) in [7, 11) is 2.42. The van der Waals surface area contributed by atoms with Crippen LogP contribution in [0.1, 0.15) is 116 Å². The zero-order valence-corrected chi connectivity index (χ0v) is 22.1. The molecule has 0 bridgehead atoms. The van der Waals surface area contributed by atoms with Crippen molar-refractivity contribution in [1.82, 2.24) is 0 Å². The minimum absolute atomic E-state index is 0.196.